The number of ether oxygens (including phenoxy) is 2. The molecule has 1 aromatic heterocycles. The van der Waals surface area contributed by atoms with Crippen LogP contribution < -0.4 is 10.2 Å². The van der Waals surface area contributed by atoms with Gasteiger partial charge in [-0.05, 0) is 25.5 Å². The molecule has 1 fully saturated rings. The van der Waals surface area contributed by atoms with Crippen LogP contribution in [0.15, 0.2) is 18.3 Å². The molecule has 0 amide bonds. The third-order valence-corrected chi connectivity index (χ3v) is 3.37. The van der Waals surface area contributed by atoms with Crippen LogP contribution in [0.1, 0.15) is 19.4 Å². The lowest BCUT2D eigenvalue weighted by Gasteiger charge is -2.38. The first-order chi connectivity index (χ1) is 9.61. The number of aromatic nitrogens is 1. The van der Waals surface area contributed by atoms with Crippen molar-refractivity contribution in [2.45, 2.75) is 26.0 Å². The van der Waals surface area contributed by atoms with Gasteiger partial charge in [-0.2, -0.15) is 0 Å². The van der Waals surface area contributed by atoms with Crippen molar-refractivity contribution in [2.24, 2.45) is 0 Å². The van der Waals surface area contributed by atoms with Gasteiger partial charge in [0, 0.05) is 39.5 Å². The molecule has 112 valence electrons. The SMILES string of the molecule is COCCNCc1ccc(N2CCOC(C)(C)C2)nc1. The van der Waals surface area contributed by atoms with Gasteiger partial charge < -0.3 is 19.7 Å². The standard InChI is InChI=1S/C15H25N3O2/c1-15(2)12-18(7-9-20-15)14-5-4-13(11-17-14)10-16-6-8-19-3/h4-5,11,16H,6-10,12H2,1-3H3. The van der Waals surface area contributed by atoms with Gasteiger partial charge in [0.25, 0.3) is 0 Å². The van der Waals surface area contributed by atoms with Gasteiger partial charge in [-0.1, -0.05) is 6.07 Å². The molecule has 1 aliphatic rings. The highest BCUT2D eigenvalue weighted by atomic mass is 16.5. The van der Waals surface area contributed by atoms with Crippen LogP contribution in [0.25, 0.3) is 0 Å². The van der Waals surface area contributed by atoms with Crippen LogP contribution in [-0.2, 0) is 16.0 Å². The van der Waals surface area contributed by atoms with Crippen LogP contribution in [0.3, 0.4) is 0 Å². The molecule has 0 atom stereocenters. The molecule has 0 spiro atoms. The molecule has 0 saturated carbocycles. The summed E-state index contributed by atoms with van der Waals surface area (Å²) in [5.74, 6) is 1.03. The van der Waals surface area contributed by atoms with Crippen molar-refractivity contribution in [3.05, 3.63) is 23.9 Å². The van der Waals surface area contributed by atoms with Gasteiger partial charge in [0.15, 0.2) is 0 Å². The lowest BCUT2D eigenvalue weighted by atomic mass is 10.1. The second kappa shape index (κ2) is 7.02. The highest BCUT2D eigenvalue weighted by molar-refractivity contribution is 5.40. The molecule has 5 nitrogen and oxygen atoms in total. The number of nitrogens with one attached hydrogen (secondary N) is 1. The number of methoxy groups -OCH3 is 1. The van der Waals surface area contributed by atoms with Crippen molar-refractivity contribution >= 4 is 5.82 Å². The van der Waals surface area contributed by atoms with E-state index in [0.717, 1.165) is 45.2 Å². The predicted octanol–water partition coefficient (Wildman–Crippen LogP) is 1.43. The molecule has 0 radical (unpaired) electrons. The molecular formula is C15H25N3O2. The molecule has 0 bridgehead atoms. The van der Waals surface area contributed by atoms with E-state index in [1.54, 1.807) is 7.11 Å². The Morgan fingerprint density at radius 3 is 2.95 bits per heavy atom. The zero-order valence-corrected chi connectivity index (χ0v) is 12.7. The van der Waals surface area contributed by atoms with Crippen molar-refractivity contribution in [2.75, 3.05) is 44.9 Å². The summed E-state index contributed by atoms with van der Waals surface area (Å²) in [6, 6.07) is 4.22. The van der Waals surface area contributed by atoms with Crippen LogP contribution in [0.4, 0.5) is 5.82 Å². The number of rotatable bonds is 6. The fourth-order valence-electron chi connectivity index (χ4n) is 2.33. The summed E-state index contributed by atoms with van der Waals surface area (Å²) in [5.41, 5.74) is 1.10. The topological polar surface area (TPSA) is 46.6 Å². The van der Waals surface area contributed by atoms with Crippen LogP contribution in [0.2, 0.25) is 0 Å². The number of morpholine rings is 1. The van der Waals surface area contributed by atoms with Crippen LogP contribution in [0, 0.1) is 0 Å². The Hall–Kier alpha value is -1.17. The van der Waals surface area contributed by atoms with E-state index in [-0.39, 0.29) is 5.60 Å². The maximum atomic E-state index is 5.73. The highest BCUT2D eigenvalue weighted by Crippen LogP contribution is 2.21. The normalized spacial score (nSPS) is 18.2. The van der Waals surface area contributed by atoms with Crippen LogP contribution in [0.5, 0.6) is 0 Å². The third kappa shape index (κ3) is 4.44. The van der Waals surface area contributed by atoms with E-state index < -0.39 is 0 Å². The Morgan fingerprint density at radius 1 is 1.45 bits per heavy atom. The Kier molecular flexibility index (Phi) is 5.34. The first-order valence-corrected chi connectivity index (χ1v) is 7.14. The second-order valence-corrected chi connectivity index (χ2v) is 5.72. The molecule has 1 aliphatic heterocycles. The molecule has 0 aromatic carbocycles. The van der Waals surface area contributed by atoms with Gasteiger partial charge >= 0.3 is 0 Å². The summed E-state index contributed by atoms with van der Waals surface area (Å²) in [6.45, 7) is 9.19. The average Bonchev–Trinajstić information content (AvgIpc) is 2.43. The number of pyridine rings is 1. The van der Waals surface area contributed by atoms with E-state index in [4.69, 9.17) is 9.47 Å². The fourth-order valence-corrected chi connectivity index (χ4v) is 2.33. The Morgan fingerprint density at radius 2 is 2.30 bits per heavy atom. The quantitative estimate of drug-likeness (QED) is 0.798. The van der Waals surface area contributed by atoms with E-state index in [9.17, 15) is 0 Å². The summed E-state index contributed by atoms with van der Waals surface area (Å²) < 4.78 is 10.7. The minimum Gasteiger partial charge on any atom is -0.383 e. The molecule has 0 aliphatic carbocycles. The fraction of sp³-hybridized carbons (Fsp3) is 0.667. The van der Waals surface area contributed by atoms with Crippen LogP contribution >= 0.6 is 0 Å². The largest absolute Gasteiger partial charge is 0.383 e. The van der Waals surface area contributed by atoms with Crippen molar-refractivity contribution < 1.29 is 9.47 Å². The van der Waals surface area contributed by atoms with Gasteiger partial charge in [-0.15, -0.1) is 0 Å². The smallest absolute Gasteiger partial charge is 0.128 e. The molecule has 5 heteroatoms. The average molecular weight is 279 g/mol. The second-order valence-electron chi connectivity index (χ2n) is 5.72. The summed E-state index contributed by atoms with van der Waals surface area (Å²) in [6.07, 6.45) is 1.94. The first kappa shape index (κ1) is 15.2. The number of anilines is 1. The minimum absolute atomic E-state index is 0.0969. The van der Waals surface area contributed by atoms with E-state index in [0.29, 0.717) is 0 Å². The molecule has 2 heterocycles. The van der Waals surface area contributed by atoms with E-state index in [1.807, 2.05) is 6.20 Å². The minimum atomic E-state index is -0.0969. The summed E-state index contributed by atoms with van der Waals surface area (Å²) >= 11 is 0. The van der Waals surface area contributed by atoms with E-state index in [1.165, 1.54) is 5.56 Å². The molecule has 1 N–H and O–H groups in total. The number of hydrogen-bond donors (Lipinski definition) is 1. The Balaban J connectivity index is 1.87. The van der Waals surface area contributed by atoms with Gasteiger partial charge in [-0.3, -0.25) is 0 Å². The molecule has 1 aromatic rings. The maximum absolute atomic E-state index is 5.73. The van der Waals surface area contributed by atoms with Crippen molar-refractivity contribution in [3.63, 3.8) is 0 Å². The highest BCUT2D eigenvalue weighted by Gasteiger charge is 2.27. The summed E-state index contributed by atoms with van der Waals surface area (Å²) in [7, 11) is 1.71. The van der Waals surface area contributed by atoms with E-state index >= 15 is 0 Å². The molecule has 1 saturated heterocycles. The van der Waals surface area contributed by atoms with E-state index in [2.05, 4.69) is 41.2 Å². The molecular weight excluding hydrogens is 254 g/mol. The lowest BCUT2D eigenvalue weighted by Crippen LogP contribution is -2.48. The number of hydrogen-bond acceptors (Lipinski definition) is 5. The number of nitrogens with zero attached hydrogens (tertiary/aromatic N) is 2. The van der Waals surface area contributed by atoms with Gasteiger partial charge in [0.05, 0.1) is 18.8 Å². The summed E-state index contributed by atoms with van der Waals surface area (Å²) in [4.78, 5) is 6.85. The Bertz CT molecular complexity index is 406. The zero-order valence-electron chi connectivity index (χ0n) is 12.7. The predicted molar refractivity (Wildman–Crippen MR) is 80.1 cm³/mol. The van der Waals surface area contributed by atoms with Crippen LogP contribution in [-0.4, -0.2) is 50.5 Å². The van der Waals surface area contributed by atoms with Gasteiger partial charge in [0.2, 0.25) is 0 Å². The Labute approximate surface area is 121 Å². The summed E-state index contributed by atoms with van der Waals surface area (Å²) in [5, 5.41) is 3.32. The maximum Gasteiger partial charge on any atom is 0.128 e. The lowest BCUT2D eigenvalue weighted by molar-refractivity contribution is -0.0279. The monoisotopic (exact) mass is 279 g/mol. The van der Waals surface area contributed by atoms with Gasteiger partial charge in [0.1, 0.15) is 5.82 Å². The van der Waals surface area contributed by atoms with Gasteiger partial charge in [-0.25, -0.2) is 4.98 Å². The first-order valence-electron chi connectivity index (χ1n) is 7.14. The third-order valence-electron chi connectivity index (χ3n) is 3.37. The van der Waals surface area contributed by atoms with Crippen molar-refractivity contribution in [1.29, 1.82) is 0 Å². The van der Waals surface area contributed by atoms with Crippen molar-refractivity contribution in [1.82, 2.24) is 10.3 Å². The van der Waals surface area contributed by atoms with Crippen molar-refractivity contribution in [3.8, 4) is 0 Å². The molecule has 20 heavy (non-hydrogen) atoms. The zero-order chi connectivity index (χ0) is 14.4. The molecule has 2 rings (SSSR count). The molecule has 0 unspecified atom stereocenters.